The zero-order valence-corrected chi connectivity index (χ0v) is 16.5. The van der Waals surface area contributed by atoms with E-state index in [1.807, 2.05) is 67.6 Å². The molecule has 0 spiro atoms. The monoisotopic (exact) mass is 399 g/mol. The largest absolute Gasteiger partial charge is 0.226 e. The van der Waals surface area contributed by atoms with Crippen molar-refractivity contribution in [2.75, 3.05) is 0 Å². The van der Waals surface area contributed by atoms with E-state index in [0.717, 1.165) is 5.56 Å². The van der Waals surface area contributed by atoms with Crippen LogP contribution in [-0.4, -0.2) is 8.42 Å². The van der Waals surface area contributed by atoms with Crippen molar-refractivity contribution in [3.8, 4) is 6.07 Å². The number of benzene rings is 3. The summed E-state index contributed by atoms with van der Waals surface area (Å²) < 4.78 is 26.6. The molecule has 1 aliphatic heterocycles. The standard InChI is InChI=1S/C23H17N3O2S/c1-17-12-14-20(15-13-17)29(27,28)22-21(16-24)23(26-25-22,18-8-4-2-5-9-18)19-10-6-3-7-11-19/h2-15H,1H3. The van der Waals surface area contributed by atoms with E-state index in [9.17, 15) is 13.7 Å². The number of azo groups is 1. The van der Waals surface area contributed by atoms with Crippen LogP contribution in [0.5, 0.6) is 0 Å². The SMILES string of the molecule is Cc1ccc(S(=O)(=O)C2=C(C#N)C(c3ccccc3)(c3ccccc3)N=N2)cc1. The Hall–Kier alpha value is -3.56. The van der Waals surface area contributed by atoms with E-state index in [1.165, 1.54) is 12.1 Å². The van der Waals surface area contributed by atoms with Crippen molar-refractivity contribution < 1.29 is 8.42 Å². The number of nitrogens with zero attached hydrogens (tertiary/aromatic N) is 3. The van der Waals surface area contributed by atoms with Crippen LogP contribution in [0.4, 0.5) is 0 Å². The molecule has 142 valence electrons. The lowest BCUT2D eigenvalue weighted by Crippen LogP contribution is -2.26. The lowest BCUT2D eigenvalue weighted by molar-refractivity contribution is 0.601. The highest BCUT2D eigenvalue weighted by atomic mass is 32.2. The van der Waals surface area contributed by atoms with Crippen molar-refractivity contribution in [1.29, 1.82) is 5.26 Å². The van der Waals surface area contributed by atoms with Crippen LogP contribution >= 0.6 is 0 Å². The van der Waals surface area contributed by atoms with E-state index < -0.39 is 15.4 Å². The normalized spacial score (nSPS) is 15.3. The van der Waals surface area contributed by atoms with Gasteiger partial charge in [0.1, 0.15) is 11.6 Å². The highest BCUT2D eigenvalue weighted by molar-refractivity contribution is 7.95. The summed E-state index contributed by atoms with van der Waals surface area (Å²) in [4.78, 5) is 0.0849. The Morgan fingerprint density at radius 2 is 1.34 bits per heavy atom. The molecule has 3 aromatic carbocycles. The van der Waals surface area contributed by atoms with Gasteiger partial charge < -0.3 is 0 Å². The number of rotatable bonds is 4. The summed E-state index contributed by atoms with van der Waals surface area (Å²) in [5, 5.41) is 18.2. The number of nitriles is 1. The molecule has 4 rings (SSSR count). The molecule has 29 heavy (non-hydrogen) atoms. The molecule has 0 unspecified atom stereocenters. The van der Waals surface area contributed by atoms with Crippen molar-refractivity contribution in [2.24, 2.45) is 10.2 Å². The fraction of sp³-hybridized carbons (Fsp3) is 0.0870. The van der Waals surface area contributed by atoms with E-state index >= 15 is 0 Å². The third kappa shape index (κ3) is 2.96. The lowest BCUT2D eigenvalue weighted by Gasteiger charge is -2.26. The Kier molecular flexibility index (Phi) is 4.61. The van der Waals surface area contributed by atoms with Gasteiger partial charge in [0.25, 0.3) is 0 Å². The summed E-state index contributed by atoms with van der Waals surface area (Å²) in [5.74, 6) is 0. The summed E-state index contributed by atoms with van der Waals surface area (Å²) in [5.41, 5.74) is 0.996. The maximum absolute atomic E-state index is 13.3. The van der Waals surface area contributed by atoms with Crippen LogP contribution in [0.3, 0.4) is 0 Å². The summed E-state index contributed by atoms with van der Waals surface area (Å²) in [6.45, 7) is 1.88. The van der Waals surface area contributed by atoms with Crippen molar-refractivity contribution in [3.05, 3.63) is 112 Å². The molecule has 0 bridgehead atoms. The summed E-state index contributed by atoms with van der Waals surface area (Å²) in [7, 11) is -4.01. The number of hydrogen-bond acceptors (Lipinski definition) is 5. The molecule has 0 aromatic heterocycles. The fourth-order valence-electron chi connectivity index (χ4n) is 3.45. The van der Waals surface area contributed by atoms with Crippen molar-refractivity contribution in [2.45, 2.75) is 17.4 Å². The molecule has 0 saturated carbocycles. The molecule has 0 aliphatic carbocycles. The summed E-state index contributed by atoms with van der Waals surface area (Å²) >= 11 is 0. The Balaban J connectivity index is 2.01. The second-order valence-electron chi connectivity index (χ2n) is 6.75. The molecule has 0 atom stereocenters. The van der Waals surface area contributed by atoms with E-state index in [4.69, 9.17) is 0 Å². The Morgan fingerprint density at radius 3 is 1.83 bits per heavy atom. The van der Waals surface area contributed by atoms with E-state index in [-0.39, 0.29) is 15.5 Å². The number of sulfone groups is 1. The smallest absolute Gasteiger partial charge is 0.217 e. The molecule has 0 saturated heterocycles. The second-order valence-corrected chi connectivity index (χ2v) is 8.62. The minimum atomic E-state index is -4.01. The predicted octanol–water partition coefficient (Wildman–Crippen LogP) is 4.91. The van der Waals surface area contributed by atoms with Gasteiger partial charge in [0.05, 0.1) is 4.90 Å². The first-order valence-corrected chi connectivity index (χ1v) is 10.5. The van der Waals surface area contributed by atoms with Gasteiger partial charge in [-0.3, -0.25) is 0 Å². The minimum absolute atomic E-state index is 0.00419. The van der Waals surface area contributed by atoms with Gasteiger partial charge in [-0.05, 0) is 30.2 Å². The first kappa shape index (κ1) is 18.8. The average molecular weight is 399 g/mol. The zero-order valence-electron chi connectivity index (χ0n) is 15.6. The molecule has 1 heterocycles. The zero-order chi connectivity index (χ0) is 20.5. The van der Waals surface area contributed by atoms with E-state index in [1.54, 1.807) is 12.1 Å². The predicted molar refractivity (Wildman–Crippen MR) is 110 cm³/mol. The van der Waals surface area contributed by atoms with Crippen LogP contribution in [0.2, 0.25) is 0 Å². The molecule has 1 aliphatic rings. The third-order valence-electron chi connectivity index (χ3n) is 4.95. The molecule has 3 aromatic rings. The highest BCUT2D eigenvalue weighted by Crippen LogP contribution is 2.48. The minimum Gasteiger partial charge on any atom is -0.217 e. The van der Waals surface area contributed by atoms with Gasteiger partial charge >= 0.3 is 0 Å². The van der Waals surface area contributed by atoms with Gasteiger partial charge in [0, 0.05) is 0 Å². The van der Waals surface area contributed by atoms with Gasteiger partial charge in [-0.25, -0.2) is 8.42 Å². The van der Waals surface area contributed by atoms with Crippen molar-refractivity contribution in [3.63, 3.8) is 0 Å². The molecule has 0 amide bonds. The molecule has 0 radical (unpaired) electrons. The Labute approximate surface area is 169 Å². The molecular weight excluding hydrogens is 382 g/mol. The quantitative estimate of drug-likeness (QED) is 0.625. The summed E-state index contributed by atoms with van der Waals surface area (Å²) in [6, 6.07) is 26.9. The van der Waals surface area contributed by atoms with Gasteiger partial charge in [-0.15, -0.1) is 5.11 Å². The Bertz CT molecular complexity index is 1220. The van der Waals surface area contributed by atoms with Crippen LogP contribution in [0.1, 0.15) is 16.7 Å². The van der Waals surface area contributed by atoms with Crippen LogP contribution in [0.25, 0.3) is 0 Å². The van der Waals surface area contributed by atoms with Gasteiger partial charge in [0.15, 0.2) is 10.6 Å². The van der Waals surface area contributed by atoms with Crippen LogP contribution in [-0.2, 0) is 15.4 Å². The molecule has 5 nitrogen and oxygen atoms in total. The maximum Gasteiger partial charge on any atom is 0.226 e. The van der Waals surface area contributed by atoms with Crippen LogP contribution < -0.4 is 0 Å². The Morgan fingerprint density at radius 1 is 0.828 bits per heavy atom. The topological polar surface area (TPSA) is 82.6 Å². The van der Waals surface area contributed by atoms with Gasteiger partial charge in [0.2, 0.25) is 9.84 Å². The van der Waals surface area contributed by atoms with Gasteiger partial charge in [-0.2, -0.15) is 10.4 Å². The van der Waals surface area contributed by atoms with E-state index in [2.05, 4.69) is 16.3 Å². The lowest BCUT2D eigenvalue weighted by atomic mass is 9.78. The molecular formula is C23H17N3O2S. The van der Waals surface area contributed by atoms with Crippen LogP contribution in [0, 0.1) is 18.3 Å². The maximum atomic E-state index is 13.3. The first-order chi connectivity index (χ1) is 14.0. The van der Waals surface area contributed by atoms with Crippen LogP contribution in [0.15, 0.2) is 111 Å². The van der Waals surface area contributed by atoms with Crippen molar-refractivity contribution in [1.82, 2.24) is 0 Å². The number of hydrogen-bond donors (Lipinski definition) is 0. The average Bonchev–Trinajstić information content (AvgIpc) is 3.17. The molecule has 0 fully saturated rings. The highest BCUT2D eigenvalue weighted by Gasteiger charge is 2.47. The molecule has 6 heteroatoms. The van der Waals surface area contributed by atoms with Gasteiger partial charge in [-0.1, -0.05) is 78.4 Å². The fourth-order valence-corrected chi connectivity index (χ4v) is 4.78. The molecule has 0 N–H and O–H groups in total. The third-order valence-corrected chi connectivity index (χ3v) is 6.63. The van der Waals surface area contributed by atoms with E-state index in [0.29, 0.717) is 11.1 Å². The second kappa shape index (κ2) is 7.12. The van der Waals surface area contributed by atoms with Crippen molar-refractivity contribution >= 4 is 9.84 Å². The number of aryl methyl sites for hydroxylation is 1. The summed E-state index contributed by atoms with van der Waals surface area (Å²) in [6.07, 6.45) is 0. The first-order valence-electron chi connectivity index (χ1n) is 9.01.